The molecule has 2 aromatic rings. The van der Waals surface area contributed by atoms with Gasteiger partial charge in [0, 0.05) is 18.5 Å². The maximum absolute atomic E-state index is 12.2. The first kappa shape index (κ1) is 16.3. The van der Waals surface area contributed by atoms with Crippen molar-refractivity contribution in [2.45, 2.75) is 19.9 Å². The van der Waals surface area contributed by atoms with E-state index in [4.69, 9.17) is 5.73 Å². The Hall–Kier alpha value is -1.12. The summed E-state index contributed by atoms with van der Waals surface area (Å²) in [6.07, 6.45) is 1.02. The summed E-state index contributed by atoms with van der Waals surface area (Å²) in [5.74, 6) is 0.119. The molecule has 3 N–H and O–H groups in total. The summed E-state index contributed by atoms with van der Waals surface area (Å²) in [5.41, 5.74) is 5.86. The molecular weight excluding hydrogens is 372 g/mol. The Balaban J connectivity index is 2.02. The largest absolute Gasteiger partial charge is 0.382 e. The first-order valence-corrected chi connectivity index (χ1v) is 8.93. The van der Waals surface area contributed by atoms with Crippen molar-refractivity contribution in [2.75, 3.05) is 24.2 Å². The number of amides is 1. The SMILES string of the molecule is CCCN(C)c1nc(N)c(C(=O)NCc2ccc(Br)s2)s1. The Morgan fingerprint density at radius 2 is 2.24 bits per heavy atom. The maximum atomic E-state index is 12.2. The summed E-state index contributed by atoms with van der Waals surface area (Å²) in [4.78, 5) is 20.0. The van der Waals surface area contributed by atoms with Crippen molar-refractivity contribution in [3.8, 4) is 0 Å². The lowest BCUT2D eigenvalue weighted by molar-refractivity contribution is 0.0956. The quantitative estimate of drug-likeness (QED) is 0.795. The molecule has 0 saturated carbocycles. The molecule has 2 rings (SSSR count). The van der Waals surface area contributed by atoms with Crippen molar-refractivity contribution in [1.82, 2.24) is 10.3 Å². The van der Waals surface area contributed by atoms with Crippen LogP contribution in [0.15, 0.2) is 15.9 Å². The lowest BCUT2D eigenvalue weighted by atomic mass is 10.4. The molecule has 2 aromatic heterocycles. The number of nitrogen functional groups attached to an aromatic ring is 1. The molecule has 0 spiro atoms. The Morgan fingerprint density at radius 3 is 2.86 bits per heavy atom. The number of thiophene rings is 1. The van der Waals surface area contributed by atoms with Crippen LogP contribution in [0.5, 0.6) is 0 Å². The third-order valence-electron chi connectivity index (χ3n) is 2.79. The molecule has 0 aliphatic heterocycles. The van der Waals surface area contributed by atoms with Gasteiger partial charge in [0.25, 0.3) is 5.91 Å². The van der Waals surface area contributed by atoms with Crippen LogP contribution in [0.1, 0.15) is 27.9 Å². The molecule has 0 unspecified atom stereocenters. The third kappa shape index (κ3) is 4.18. The van der Waals surface area contributed by atoms with Crippen molar-refractivity contribution in [3.63, 3.8) is 0 Å². The number of aromatic nitrogens is 1. The Bertz CT molecular complexity index is 625. The highest BCUT2D eigenvalue weighted by molar-refractivity contribution is 9.11. The molecule has 0 aromatic carbocycles. The second-order valence-electron chi connectivity index (χ2n) is 4.52. The number of thiazole rings is 1. The lowest BCUT2D eigenvalue weighted by Gasteiger charge is -2.13. The number of hydrogen-bond donors (Lipinski definition) is 2. The van der Waals surface area contributed by atoms with Crippen LogP contribution in [0, 0.1) is 0 Å². The molecule has 1 amide bonds. The Labute approximate surface area is 140 Å². The predicted molar refractivity (Wildman–Crippen MR) is 93.3 cm³/mol. The summed E-state index contributed by atoms with van der Waals surface area (Å²) >= 11 is 6.33. The first-order chi connectivity index (χ1) is 10.0. The second kappa shape index (κ2) is 7.24. The van der Waals surface area contributed by atoms with Gasteiger partial charge in [-0.1, -0.05) is 18.3 Å². The van der Waals surface area contributed by atoms with Gasteiger partial charge in [-0.25, -0.2) is 4.98 Å². The van der Waals surface area contributed by atoms with E-state index in [1.807, 2.05) is 24.1 Å². The van der Waals surface area contributed by atoms with E-state index in [0.29, 0.717) is 17.2 Å². The average Bonchev–Trinajstić information content (AvgIpc) is 3.02. The number of rotatable bonds is 6. The topological polar surface area (TPSA) is 71.2 Å². The zero-order chi connectivity index (χ0) is 15.4. The van der Waals surface area contributed by atoms with E-state index >= 15 is 0 Å². The van der Waals surface area contributed by atoms with E-state index < -0.39 is 0 Å². The van der Waals surface area contributed by atoms with E-state index in [1.54, 1.807) is 11.3 Å². The maximum Gasteiger partial charge on any atom is 0.265 e. The van der Waals surface area contributed by atoms with Crippen LogP contribution < -0.4 is 16.0 Å². The molecule has 0 aliphatic rings. The number of carbonyl (C=O) groups excluding carboxylic acids is 1. The number of hydrogen-bond acceptors (Lipinski definition) is 6. The van der Waals surface area contributed by atoms with Crippen LogP contribution >= 0.6 is 38.6 Å². The minimum absolute atomic E-state index is 0.175. The van der Waals surface area contributed by atoms with Gasteiger partial charge in [0.15, 0.2) is 5.13 Å². The van der Waals surface area contributed by atoms with Gasteiger partial charge in [0.1, 0.15) is 10.7 Å². The smallest absolute Gasteiger partial charge is 0.265 e. The highest BCUT2D eigenvalue weighted by atomic mass is 79.9. The summed E-state index contributed by atoms with van der Waals surface area (Å²) in [6.45, 7) is 3.48. The van der Waals surface area contributed by atoms with Gasteiger partial charge in [-0.2, -0.15) is 0 Å². The minimum Gasteiger partial charge on any atom is -0.382 e. The minimum atomic E-state index is -0.175. The highest BCUT2D eigenvalue weighted by Crippen LogP contribution is 2.28. The van der Waals surface area contributed by atoms with Gasteiger partial charge in [-0.3, -0.25) is 4.79 Å². The normalized spacial score (nSPS) is 10.6. The van der Waals surface area contributed by atoms with Gasteiger partial charge >= 0.3 is 0 Å². The van der Waals surface area contributed by atoms with E-state index in [0.717, 1.165) is 26.8 Å². The Kier molecular flexibility index (Phi) is 5.60. The van der Waals surface area contributed by atoms with Gasteiger partial charge < -0.3 is 16.0 Å². The fraction of sp³-hybridized carbons (Fsp3) is 0.385. The van der Waals surface area contributed by atoms with Crippen molar-refractivity contribution in [2.24, 2.45) is 0 Å². The number of anilines is 2. The average molecular weight is 389 g/mol. The number of nitrogens with one attached hydrogen (secondary N) is 1. The molecule has 21 heavy (non-hydrogen) atoms. The molecule has 2 heterocycles. The fourth-order valence-electron chi connectivity index (χ4n) is 1.77. The van der Waals surface area contributed by atoms with Crippen molar-refractivity contribution < 1.29 is 4.79 Å². The summed E-state index contributed by atoms with van der Waals surface area (Å²) in [5, 5.41) is 3.65. The summed E-state index contributed by atoms with van der Waals surface area (Å²) < 4.78 is 1.05. The van der Waals surface area contributed by atoms with Crippen molar-refractivity contribution in [3.05, 3.63) is 25.7 Å². The molecule has 0 radical (unpaired) electrons. The molecule has 0 saturated heterocycles. The molecule has 5 nitrogen and oxygen atoms in total. The van der Waals surface area contributed by atoms with Crippen LogP contribution in [0.4, 0.5) is 10.9 Å². The monoisotopic (exact) mass is 388 g/mol. The van der Waals surface area contributed by atoms with E-state index in [2.05, 4.69) is 33.2 Å². The zero-order valence-electron chi connectivity index (χ0n) is 11.9. The van der Waals surface area contributed by atoms with Crippen LogP contribution in [0.2, 0.25) is 0 Å². The van der Waals surface area contributed by atoms with Crippen LogP contribution in [0.3, 0.4) is 0 Å². The van der Waals surface area contributed by atoms with Crippen molar-refractivity contribution in [1.29, 1.82) is 0 Å². The molecule has 8 heteroatoms. The van der Waals surface area contributed by atoms with Gasteiger partial charge in [-0.05, 0) is 34.5 Å². The number of nitrogens with two attached hydrogens (primary N) is 1. The van der Waals surface area contributed by atoms with E-state index in [-0.39, 0.29) is 5.91 Å². The van der Waals surface area contributed by atoms with Crippen molar-refractivity contribution >= 4 is 55.5 Å². The second-order valence-corrected chi connectivity index (χ2v) is 8.05. The third-order valence-corrected chi connectivity index (χ3v) is 5.59. The number of halogens is 1. The van der Waals surface area contributed by atoms with Gasteiger partial charge in [-0.15, -0.1) is 11.3 Å². The summed E-state index contributed by atoms with van der Waals surface area (Å²) in [7, 11) is 1.95. The molecule has 114 valence electrons. The molecular formula is C13H17BrN4OS2. The summed E-state index contributed by atoms with van der Waals surface area (Å²) in [6, 6.07) is 3.94. The number of nitrogens with zero attached hydrogens (tertiary/aromatic N) is 2. The van der Waals surface area contributed by atoms with Gasteiger partial charge in [0.2, 0.25) is 0 Å². The van der Waals surface area contributed by atoms with E-state index in [9.17, 15) is 4.79 Å². The molecule has 0 bridgehead atoms. The van der Waals surface area contributed by atoms with E-state index in [1.165, 1.54) is 11.3 Å². The number of carbonyl (C=O) groups is 1. The predicted octanol–water partition coefficient (Wildman–Crippen LogP) is 3.33. The standard InChI is InChI=1S/C13H17BrN4OS2/c1-3-6-18(2)13-17-11(15)10(21-13)12(19)16-7-8-4-5-9(14)20-8/h4-5H,3,6-7,15H2,1-2H3,(H,16,19). The zero-order valence-corrected chi connectivity index (χ0v) is 15.1. The molecule has 0 aliphatic carbocycles. The van der Waals surface area contributed by atoms with Crippen LogP contribution in [0.25, 0.3) is 0 Å². The molecule has 0 atom stereocenters. The highest BCUT2D eigenvalue weighted by Gasteiger charge is 2.17. The van der Waals surface area contributed by atoms with Crippen LogP contribution in [-0.2, 0) is 6.54 Å². The van der Waals surface area contributed by atoms with Crippen LogP contribution in [-0.4, -0.2) is 24.5 Å². The molecule has 0 fully saturated rings. The fourth-order valence-corrected chi connectivity index (χ4v) is 4.08. The first-order valence-electron chi connectivity index (χ1n) is 6.51. The lowest BCUT2D eigenvalue weighted by Crippen LogP contribution is -2.22. The van der Waals surface area contributed by atoms with Gasteiger partial charge in [0.05, 0.1) is 10.3 Å². The Morgan fingerprint density at radius 1 is 1.48 bits per heavy atom.